The highest BCUT2D eigenvalue weighted by Gasteiger charge is 2.27. The molecule has 0 atom stereocenters. The van der Waals surface area contributed by atoms with Crippen LogP contribution in [0, 0.1) is 5.92 Å². The normalized spacial score (nSPS) is 24.2. The van der Waals surface area contributed by atoms with E-state index in [2.05, 4.69) is 30.4 Å². The number of ether oxygens (including phenoxy) is 1. The first-order valence-electron chi connectivity index (χ1n) is 12.6. The van der Waals surface area contributed by atoms with Crippen molar-refractivity contribution in [3.8, 4) is 0 Å². The summed E-state index contributed by atoms with van der Waals surface area (Å²) in [6, 6.07) is 0.388. The van der Waals surface area contributed by atoms with Gasteiger partial charge in [-0.3, -0.25) is 4.90 Å². The fourth-order valence-electron chi connectivity index (χ4n) is 5.03. The summed E-state index contributed by atoms with van der Waals surface area (Å²) in [5.74, 6) is 1.98. The minimum absolute atomic E-state index is 0.0762. The summed E-state index contributed by atoms with van der Waals surface area (Å²) in [4.78, 5) is 27.8. The lowest BCUT2D eigenvalue weighted by Crippen LogP contribution is -2.50. The van der Waals surface area contributed by atoms with Gasteiger partial charge in [-0.25, -0.2) is 4.79 Å². The fraction of sp³-hybridized carbons (Fsp3) is 0.783. The zero-order chi connectivity index (χ0) is 23.9. The maximum Gasteiger partial charge on any atom is 0.317 e. The van der Waals surface area contributed by atoms with Gasteiger partial charge in [-0.05, 0) is 51.5 Å². The van der Waals surface area contributed by atoms with Crippen LogP contribution in [0.15, 0.2) is 0 Å². The van der Waals surface area contributed by atoms with E-state index in [1.165, 1.54) is 19.3 Å². The molecule has 0 unspecified atom stereocenters. The molecule has 0 spiro atoms. The molecule has 1 saturated carbocycles. The highest BCUT2D eigenvalue weighted by atomic mass is 35.5. The molecule has 0 bridgehead atoms. The third-order valence-corrected chi connectivity index (χ3v) is 7.84. The summed E-state index contributed by atoms with van der Waals surface area (Å²) in [5, 5.41) is 7.07. The Morgan fingerprint density at radius 1 is 1.03 bits per heavy atom. The van der Waals surface area contributed by atoms with Gasteiger partial charge in [-0.15, -0.1) is 0 Å². The van der Waals surface area contributed by atoms with E-state index in [-0.39, 0.29) is 6.03 Å². The van der Waals surface area contributed by atoms with Crippen LogP contribution in [0.1, 0.15) is 39.0 Å². The van der Waals surface area contributed by atoms with Crippen LogP contribution in [0.4, 0.5) is 16.6 Å². The van der Waals surface area contributed by atoms with E-state index < -0.39 is 0 Å². The lowest BCUT2D eigenvalue weighted by molar-refractivity contribution is 0.0519. The van der Waals surface area contributed by atoms with Gasteiger partial charge in [0.25, 0.3) is 0 Å². The monoisotopic (exact) mass is 513 g/mol. The number of aromatic nitrogens is 2. The van der Waals surface area contributed by atoms with Crippen molar-refractivity contribution in [1.29, 1.82) is 0 Å². The molecule has 3 aliphatic rings. The number of carbonyl (C=O) groups is 1. The second-order valence-electron chi connectivity index (χ2n) is 9.39. The summed E-state index contributed by atoms with van der Waals surface area (Å²) in [6.45, 7) is 10.2. The van der Waals surface area contributed by atoms with Crippen LogP contribution in [-0.4, -0.2) is 97.4 Å². The molecule has 3 heterocycles. The van der Waals surface area contributed by atoms with Gasteiger partial charge in [0.1, 0.15) is 5.02 Å². The third-order valence-electron chi connectivity index (χ3n) is 7.13. The standard InChI is InChI=1S/C23H37Cl2N7O2/c1-2-26-22-28-20(25)19(24)21(29-22)31-11-9-30(10-12-31)8-7-17-3-5-18(6-4-17)27-23(33)32-13-15-34-16-14-32/h17-18H,2-16H2,1H3,(H,27,33)(H,26,28,29). The number of anilines is 2. The van der Waals surface area contributed by atoms with Crippen LogP contribution in [0.3, 0.4) is 0 Å². The van der Waals surface area contributed by atoms with E-state index in [1.807, 2.05) is 11.8 Å². The molecule has 4 rings (SSSR count). The number of piperazine rings is 1. The van der Waals surface area contributed by atoms with Crippen molar-refractivity contribution in [2.75, 3.05) is 75.8 Å². The Labute approximate surface area is 212 Å². The number of hydrogen-bond acceptors (Lipinski definition) is 7. The molecule has 190 valence electrons. The van der Waals surface area contributed by atoms with Crippen molar-refractivity contribution in [3.63, 3.8) is 0 Å². The molecule has 3 fully saturated rings. The number of morpholine rings is 1. The van der Waals surface area contributed by atoms with Crippen LogP contribution in [0.5, 0.6) is 0 Å². The summed E-state index contributed by atoms with van der Waals surface area (Å²) in [7, 11) is 0. The molecule has 1 aromatic rings. The van der Waals surface area contributed by atoms with Crippen LogP contribution >= 0.6 is 23.2 Å². The molecular formula is C23H37Cl2N7O2. The van der Waals surface area contributed by atoms with Crippen LogP contribution in [0.25, 0.3) is 0 Å². The van der Waals surface area contributed by atoms with E-state index in [0.717, 1.165) is 63.8 Å². The Hall–Kier alpha value is -1.55. The molecule has 11 heteroatoms. The van der Waals surface area contributed by atoms with Gasteiger partial charge < -0.3 is 25.2 Å². The number of amides is 2. The van der Waals surface area contributed by atoms with Crippen LogP contribution < -0.4 is 15.5 Å². The lowest BCUT2D eigenvalue weighted by Gasteiger charge is -2.37. The highest BCUT2D eigenvalue weighted by Crippen LogP contribution is 2.32. The van der Waals surface area contributed by atoms with Gasteiger partial charge >= 0.3 is 6.03 Å². The minimum atomic E-state index is 0.0762. The van der Waals surface area contributed by atoms with Gasteiger partial charge in [0.15, 0.2) is 11.0 Å². The number of carbonyl (C=O) groups excluding carboxylic acids is 1. The van der Waals surface area contributed by atoms with Crippen LogP contribution in [0.2, 0.25) is 10.2 Å². The van der Waals surface area contributed by atoms with E-state index in [9.17, 15) is 4.79 Å². The lowest BCUT2D eigenvalue weighted by atomic mass is 9.84. The first-order chi connectivity index (χ1) is 16.5. The van der Waals surface area contributed by atoms with Gasteiger partial charge in [-0.2, -0.15) is 9.97 Å². The SMILES string of the molecule is CCNc1nc(Cl)c(Cl)c(N2CCN(CCC3CCC(NC(=O)N4CCOCC4)CC3)CC2)n1. The maximum atomic E-state index is 12.4. The minimum Gasteiger partial charge on any atom is -0.378 e. The summed E-state index contributed by atoms with van der Waals surface area (Å²) in [6.07, 6.45) is 5.76. The summed E-state index contributed by atoms with van der Waals surface area (Å²) in [5.41, 5.74) is 0. The Kier molecular flexibility index (Phi) is 9.33. The Bertz CT molecular complexity index is 809. The average Bonchev–Trinajstić information content (AvgIpc) is 2.87. The maximum absolute atomic E-state index is 12.4. The molecule has 0 radical (unpaired) electrons. The Balaban J connectivity index is 1.16. The molecule has 1 aliphatic carbocycles. The zero-order valence-corrected chi connectivity index (χ0v) is 21.6. The summed E-state index contributed by atoms with van der Waals surface area (Å²) >= 11 is 12.6. The number of nitrogens with zero attached hydrogens (tertiary/aromatic N) is 5. The molecule has 2 saturated heterocycles. The molecule has 1 aromatic heterocycles. The first kappa shape index (κ1) is 25.5. The van der Waals surface area contributed by atoms with Gasteiger partial charge in [0.2, 0.25) is 5.95 Å². The number of urea groups is 1. The quantitative estimate of drug-likeness (QED) is 0.540. The van der Waals surface area contributed by atoms with Gasteiger partial charge in [-0.1, -0.05) is 23.2 Å². The fourth-order valence-corrected chi connectivity index (χ4v) is 5.40. The molecule has 2 amide bonds. The molecule has 2 aliphatic heterocycles. The second-order valence-corrected chi connectivity index (χ2v) is 10.1. The largest absolute Gasteiger partial charge is 0.378 e. The Morgan fingerprint density at radius 2 is 1.74 bits per heavy atom. The number of hydrogen-bond donors (Lipinski definition) is 2. The molecule has 2 N–H and O–H groups in total. The van der Waals surface area contributed by atoms with Crippen molar-refractivity contribution in [2.24, 2.45) is 5.92 Å². The first-order valence-corrected chi connectivity index (χ1v) is 13.4. The molecule has 9 nitrogen and oxygen atoms in total. The molecule has 34 heavy (non-hydrogen) atoms. The van der Waals surface area contributed by atoms with Crippen molar-refractivity contribution in [3.05, 3.63) is 10.2 Å². The number of halogens is 2. The van der Waals surface area contributed by atoms with Gasteiger partial charge in [0.05, 0.1) is 13.2 Å². The topological polar surface area (TPSA) is 85.9 Å². The highest BCUT2D eigenvalue weighted by molar-refractivity contribution is 6.42. The average molecular weight is 515 g/mol. The van der Waals surface area contributed by atoms with Gasteiger partial charge in [0, 0.05) is 51.9 Å². The number of rotatable bonds is 7. The third kappa shape index (κ3) is 6.77. The second kappa shape index (κ2) is 12.4. The predicted molar refractivity (Wildman–Crippen MR) is 136 cm³/mol. The van der Waals surface area contributed by atoms with E-state index in [0.29, 0.717) is 48.5 Å². The van der Waals surface area contributed by atoms with E-state index in [1.54, 1.807) is 0 Å². The van der Waals surface area contributed by atoms with Crippen LogP contribution in [-0.2, 0) is 4.74 Å². The smallest absolute Gasteiger partial charge is 0.317 e. The van der Waals surface area contributed by atoms with Crippen molar-refractivity contribution in [1.82, 2.24) is 25.1 Å². The van der Waals surface area contributed by atoms with Crippen molar-refractivity contribution >= 4 is 41.0 Å². The number of nitrogens with one attached hydrogen (secondary N) is 2. The van der Waals surface area contributed by atoms with E-state index in [4.69, 9.17) is 27.9 Å². The molecular weight excluding hydrogens is 477 g/mol. The summed E-state index contributed by atoms with van der Waals surface area (Å²) < 4.78 is 5.34. The zero-order valence-electron chi connectivity index (χ0n) is 20.1. The van der Waals surface area contributed by atoms with E-state index >= 15 is 0 Å². The Morgan fingerprint density at radius 3 is 2.41 bits per heavy atom. The predicted octanol–water partition coefficient (Wildman–Crippen LogP) is 3.33. The van der Waals surface area contributed by atoms with Crippen molar-refractivity contribution < 1.29 is 9.53 Å². The van der Waals surface area contributed by atoms with Crippen molar-refractivity contribution in [2.45, 2.75) is 45.1 Å². The molecule has 0 aromatic carbocycles.